The molecule has 1 aliphatic rings. The second kappa shape index (κ2) is 7.17. The van der Waals surface area contributed by atoms with E-state index in [1.807, 2.05) is 0 Å². The average Bonchev–Trinajstić information content (AvgIpc) is 2.73. The molecule has 0 radical (unpaired) electrons. The zero-order valence-electron chi connectivity index (χ0n) is 9.37. The molecule has 0 aromatic carbocycles. The first-order chi connectivity index (χ1) is 7.33. The van der Waals surface area contributed by atoms with Gasteiger partial charge in [0.05, 0.1) is 19.8 Å². The van der Waals surface area contributed by atoms with E-state index in [-0.39, 0.29) is 18.6 Å². The summed E-state index contributed by atoms with van der Waals surface area (Å²) in [5, 5.41) is 21.2. The Bertz CT molecular complexity index is 158. The smallest absolute Gasteiger partial charge is 0.0698 e. The lowest BCUT2D eigenvalue weighted by molar-refractivity contribution is 0.0875. The minimum atomic E-state index is 0.0839. The van der Waals surface area contributed by atoms with Gasteiger partial charge in [-0.2, -0.15) is 0 Å². The molecule has 90 valence electrons. The van der Waals surface area contributed by atoms with E-state index in [4.69, 9.17) is 9.84 Å². The van der Waals surface area contributed by atoms with Crippen molar-refractivity contribution in [2.24, 2.45) is 5.41 Å². The Morgan fingerprint density at radius 1 is 1.13 bits per heavy atom. The molecule has 0 bridgehead atoms. The summed E-state index contributed by atoms with van der Waals surface area (Å²) in [7, 11) is 0. The molecule has 1 rings (SSSR count). The van der Waals surface area contributed by atoms with Crippen molar-refractivity contribution in [2.45, 2.75) is 25.7 Å². The largest absolute Gasteiger partial charge is 0.396 e. The second-order valence-corrected chi connectivity index (χ2v) is 4.38. The van der Waals surface area contributed by atoms with Crippen LogP contribution in [0.5, 0.6) is 0 Å². The molecule has 0 aliphatic heterocycles. The maximum atomic E-state index is 9.35. The molecule has 4 nitrogen and oxygen atoms in total. The zero-order valence-corrected chi connectivity index (χ0v) is 9.37. The summed E-state index contributed by atoms with van der Waals surface area (Å²) in [5.74, 6) is 0. The average molecular weight is 217 g/mol. The molecular weight excluding hydrogens is 194 g/mol. The van der Waals surface area contributed by atoms with Crippen LogP contribution in [-0.4, -0.2) is 49.7 Å². The summed E-state index contributed by atoms with van der Waals surface area (Å²) in [6.45, 7) is 3.08. The van der Waals surface area contributed by atoms with Crippen LogP contribution in [0.25, 0.3) is 0 Å². The second-order valence-electron chi connectivity index (χ2n) is 4.38. The van der Waals surface area contributed by atoms with Gasteiger partial charge in [-0.15, -0.1) is 0 Å². The van der Waals surface area contributed by atoms with Crippen LogP contribution in [0.2, 0.25) is 0 Å². The van der Waals surface area contributed by atoms with E-state index in [0.717, 1.165) is 25.9 Å². The fourth-order valence-electron chi connectivity index (χ4n) is 2.18. The zero-order chi connectivity index (χ0) is 11.0. The Morgan fingerprint density at radius 3 is 2.47 bits per heavy atom. The summed E-state index contributed by atoms with van der Waals surface area (Å²) in [6.07, 6.45) is 4.74. The van der Waals surface area contributed by atoms with Gasteiger partial charge in [0, 0.05) is 25.1 Å². The van der Waals surface area contributed by atoms with Gasteiger partial charge < -0.3 is 20.3 Å². The van der Waals surface area contributed by atoms with Gasteiger partial charge in [-0.3, -0.25) is 0 Å². The molecule has 0 amide bonds. The molecule has 0 unspecified atom stereocenters. The normalized spacial score (nSPS) is 19.6. The lowest BCUT2D eigenvalue weighted by Gasteiger charge is -2.26. The van der Waals surface area contributed by atoms with Crippen LogP contribution in [0.3, 0.4) is 0 Å². The molecule has 0 spiro atoms. The number of hydrogen-bond acceptors (Lipinski definition) is 4. The van der Waals surface area contributed by atoms with Crippen LogP contribution in [0.1, 0.15) is 25.7 Å². The lowest BCUT2D eigenvalue weighted by atomic mass is 9.87. The third-order valence-corrected chi connectivity index (χ3v) is 3.16. The molecule has 1 saturated carbocycles. The van der Waals surface area contributed by atoms with E-state index in [2.05, 4.69) is 5.32 Å². The highest BCUT2D eigenvalue weighted by Crippen LogP contribution is 2.36. The van der Waals surface area contributed by atoms with E-state index < -0.39 is 0 Å². The van der Waals surface area contributed by atoms with Gasteiger partial charge in [0.15, 0.2) is 0 Å². The highest BCUT2D eigenvalue weighted by molar-refractivity contribution is 4.85. The first-order valence-corrected chi connectivity index (χ1v) is 5.83. The molecule has 4 heteroatoms. The minimum absolute atomic E-state index is 0.0839. The van der Waals surface area contributed by atoms with Crippen LogP contribution in [0.4, 0.5) is 0 Å². The maximum absolute atomic E-state index is 9.35. The van der Waals surface area contributed by atoms with Gasteiger partial charge in [0.2, 0.25) is 0 Å². The van der Waals surface area contributed by atoms with Gasteiger partial charge in [0.1, 0.15) is 0 Å². The van der Waals surface area contributed by atoms with Crippen molar-refractivity contribution >= 4 is 0 Å². The summed E-state index contributed by atoms with van der Waals surface area (Å²) >= 11 is 0. The lowest BCUT2D eigenvalue weighted by Crippen LogP contribution is -2.36. The Kier molecular flexibility index (Phi) is 6.17. The van der Waals surface area contributed by atoms with Crippen molar-refractivity contribution in [3.8, 4) is 0 Å². The Labute approximate surface area is 91.6 Å². The highest BCUT2D eigenvalue weighted by Gasteiger charge is 2.32. The Hall–Kier alpha value is -0.160. The van der Waals surface area contributed by atoms with Gasteiger partial charge in [-0.25, -0.2) is 0 Å². The number of rotatable bonds is 8. The quantitative estimate of drug-likeness (QED) is 0.506. The van der Waals surface area contributed by atoms with Gasteiger partial charge >= 0.3 is 0 Å². The van der Waals surface area contributed by atoms with E-state index in [1.54, 1.807) is 0 Å². The molecule has 3 N–H and O–H groups in total. The number of aliphatic hydroxyl groups is 2. The number of aliphatic hydroxyl groups excluding tert-OH is 2. The molecule has 15 heavy (non-hydrogen) atoms. The van der Waals surface area contributed by atoms with Crippen molar-refractivity contribution in [3.05, 3.63) is 0 Å². The predicted octanol–water partition coefficient (Wildman–Crippen LogP) is 0.138. The molecule has 0 heterocycles. The topological polar surface area (TPSA) is 61.7 Å². The molecule has 1 aliphatic carbocycles. The van der Waals surface area contributed by atoms with E-state index in [1.165, 1.54) is 12.8 Å². The van der Waals surface area contributed by atoms with Crippen LogP contribution in [-0.2, 0) is 4.74 Å². The van der Waals surface area contributed by atoms with E-state index in [9.17, 15) is 5.11 Å². The van der Waals surface area contributed by atoms with Gasteiger partial charge in [-0.1, -0.05) is 12.8 Å². The Morgan fingerprint density at radius 2 is 1.87 bits per heavy atom. The number of hydrogen-bond donors (Lipinski definition) is 3. The van der Waals surface area contributed by atoms with Crippen LogP contribution in [0.15, 0.2) is 0 Å². The number of nitrogens with one attached hydrogen (secondary N) is 1. The standard InChI is InChI=1S/C11H23NO3/c13-6-8-15-7-5-12-9-11(10-14)3-1-2-4-11/h12-14H,1-10H2. The Balaban J connectivity index is 2.02. The van der Waals surface area contributed by atoms with Crippen molar-refractivity contribution in [1.29, 1.82) is 0 Å². The van der Waals surface area contributed by atoms with Crippen molar-refractivity contribution < 1.29 is 14.9 Å². The molecule has 0 saturated heterocycles. The summed E-state index contributed by atoms with van der Waals surface area (Å²) < 4.78 is 5.14. The molecular formula is C11H23NO3. The van der Waals surface area contributed by atoms with Gasteiger partial charge in [-0.05, 0) is 12.8 Å². The molecule has 0 aromatic heterocycles. The predicted molar refractivity (Wildman–Crippen MR) is 58.8 cm³/mol. The fourth-order valence-corrected chi connectivity index (χ4v) is 2.18. The molecule has 0 aromatic rings. The number of ether oxygens (including phenoxy) is 1. The first-order valence-electron chi connectivity index (χ1n) is 5.83. The first kappa shape index (κ1) is 12.9. The van der Waals surface area contributed by atoms with E-state index >= 15 is 0 Å². The van der Waals surface area contributed by atoms with Crippen LogP contribution < -0.4 is 5.32 Å². The molecule has 1 fully saturated rings. The maximum Gasteiger partial charge on any atom is 0.0698 e. The third-order valence-electron chi connectivity index (χ3n) is 3.16. The fraction of sp³-hybridized carbons (Fsp3) is 1.00. The summed E-state index contributed by atoms with van der Waals surface area (Å²) in [6, 6.07) is 0. The van der Waals surface area contributed by atoms with Crippen molar-refractivity contribution in [2.75, 3.05) is 39.5 Å². The van der Waals surface area contributed by atoms with Crippen molar-refractivity contribution in [3.63, 3.8) is 0 Å². The van der Waals surface area contributed by atoms with Crippen molar-refractivity contribution in [1.82, 2.24) is 5.32 Å². The van der Waals surface area contributed by atoms with Gasteiger partial charge in [0.25, 0.3) is 0 Å². The summed E-state index contributed by atoms with van der Waals surface area (Å²) in [4.78, 5) is 0. The highest BCUT2D eigenvalue weighted by atomic mass is 16.5. The third kappa shape index (κ3) is 4.47. The molecule has 0 atom stereocenters. The SMILES string of the molecule is OCCOCCNCC1(CO)CCCC1. The minimum Gasteiger partial charge on any atom is -0.396 e. The van der Waals surface area contributed by atoms with E-state index in [0.29, 0.717) is 13.2 Å². The van der Waals surface area contributed by atoms with Crippen LogP contribution in [0, 0.1) is 5.41 Å². The van der Waals surface area contributed by atoms with Crippen LogP contribution >= 0.6 is 0 Å². The summed E-state index contributed by atoms with van der Waals surface area (Å²) in [5.41, 5.74) is 0.122. The monoisotopic (exact) mass is 217 g/mol.